The number of ketones is 1. The first-order valence-corrected chi connectivity index (χ1v) is 7.54. The van der Waals surface area contributed by atoms with Gasteiger partial charge in [-0.2, -0.15) is 0 Å². The number of hydrogen-bond donors (Lipinski definition) is 0. The first-order chi connectivity index (χ1) is 10.7. The molecule has 5 nitrogen and oxygen atoms in total. The van der Waals surface area contributed by atoms with E-state index in [0.29, 0.717) is 24.0 Å². The van der Waals surface area contributed by atoms with Crippen LogP contribution < -0.4 is 0 Å². The van der Waals surface area contributed by atoms with E-state index in [1.54, 1.807) is 25.2 Å². The molecular weight excluding hydrogens is 296 g/mol. The van der Waals surface area contributed by atoms with Crippen LogP contribution in [0, 0.1) is 5.41 Å². The van der Waals surface area contributed by atoms with Gasteiger partial charge in [-0.05, 0) is 37.5 Å². The van der Waals surface area contributed by atoms with E-state index in [1.165, 1.54) is 20.1 Å². The molecule has 1 aliphatic carbocycles. The Labute approximate surface area is 137 Å². The lowest BCUT2D eigenvalue weighted by atomic mass is 9.84. The topological polar surface area (TPSA) is 69.7 Å². The van der Waals surface area contributed by atoms with Crippen LogP contribution in [-0.2, 0) is 23.9 Å². The standard InChI is InChI=1S/C18H24O5/c1-12-7-6-8-14(17(21)22-5)11-16(23-13(2)19)18(3,4)10-9-15(12)20/h7,9-11,16H,6,8H2,1-5H3/b10-9-,12-7-,14-11-/t16-/m1/s1. The Morgan fingerprint density at radius 2 is 1.96 bits per heavy atom. The molecule has 23 heavy (non-hydrogen) atoms. The summed E-state index contributed by atoms with van der Waals surface area (Å²) in [4.78, 5) is 35.4. The van der Waals surface area contributed by atoms with Gasteiger partial charge in [0.2, 0.25) is 0 Å². The summed E-state index contributed by atoms with van der Waals surface area (Å²) in [6, 6.07) is 0. The minimum atomic E-state index is -0.670. The minimum absolute atomic E-state index is 0.0961. The van der Waals surface area contributed by atoms with Gasteiger partial charge >= 0.3 is 11.9 Å². The van der Waals surface area contributed by atoms with Crippen molar-refractivity contribution in [2.24, 2.45) is 5.41 Å². The number of methoxy groups -OCH3 is 1. The summed E-state index contributed by atoms with van der Waals surface area (Å²) in [5, 5.41) is 0. The highest BCUT2D eigenvalue weighted by Gasteiger charge is 2.30. The van der Waals surface area contributed by atoms with Crippen LogP contribution >= 0.6 is 0 Å². The number of rotatable bonds is 2. The van der Waals surface area contributed by atoms with Gasteiger partial charge in [0.15, 0.2) is 5.78 Å². The lowest BCUT2D eigenvalue weighted by Crippen LogP contribution is -2.31. The van der Waals surface area contributed by atoms with Crippen molar-refractivity contribution in [3.8, 4) is 0 Å². The molecule has 0 bridgehead atoms. The van der Waals surface area contributed by atoms with E-state index in [2.05, 4.69) is 0 Å². The summed E-state index contributed by atoms with van der Waals surface area (Å²) in [5.41, 5.74) is 0.399. The zero-order valence-corrected chi connectivity index (χ0v) is 14.3. The van der Waals surface area contributed by atoms with E-state index in [4.69, 9.17) is 9.47 Å². The van der Waals surface area contributed by atoms with Gasteiger partial charge in [-0.25, -0.2) is 4.79 Å². The SMILES string of the molecule is COC(=O)/C1=C\[C@@H](OC(C)=O)C(C)(C)/C=C\C(=O)/C(C)=C\CC1. The van der Waals surface area contributed by atoms with Crippen molar-refractivity contribution in [1.29, 1.82) is 0 Å². The smallest absolute Gasteiger partial charge is 0.333 e. The van der Waals surface area contributed by atoms with Gasteiger partial charge in [-0.15, -0.1) is 0 Å². The monoisotopic (exact) mass is 320 g/mol. The molecule has 0 saturated carbocycles. The molecule has 0 aromatic rings. The highest BCUT2D eigenvalue weighted by molar-refractivity contribution is 6.03. The van der Waals surface area contributed by atoms with Crippen molar-refractivity contribution in [3.63, 3.8) is 0 Å². The Hall–Kier alpha value is -2.17. The summed E-state index contributed by atoms with van der Waals surface area (Å²) in [5.74, 6) is -1.01. The van der Waals surface area contributed by atoms with Crippen LogP contribution in [0.5, 0.6) is 0 Å². The number of carbonyl (C=O) groups is 3. The molecule has 0 unspecified atom stereocenters. The highest BCUT2D eigenvalue weighted by atomic mass is 16.5. The molecule has 0 aliphatic heterocycles. The van der Waals surface area contributed by atoms with Crippen molar-refractivity contribution < 1.29 is 23.9 Å². The van der Waals surface area contributed by atoms with E-state index in [1.807, 2.05) is 13.8 Å². The summed E-state index contributed by atoms with van der Waals surface area (Å²) in [6.07, 6.45) is 6.87. The number of esters is 2. The van der Waals surface area contributed by atoms with Crippen molar-refractivity contribution in [2.75, 3.05) is 7.11 Å². The first-order valence-electron chi connectivity index (χ1n) is 7.54. The van der Waals surface area contributed by atoms with Crippen LogP contribution in [0.25, 0.3) is 0 Å². The van der Waals surface area contributed by atoms with Gasteiger partial charge in [0.25, 0.3) is 0 Å². The third kappa shape index (κ3) is 5.51. The van der Waals surface area contributed by atoms with Gasteiger partial charge in [-0.3, -0.25) is 9.59 Å². The number of carbonyl (C=O) groups excluding carboxylic acids is 3. The third-order valence-corrected chi connectivity index (χ3v) is 3.74. The van der Waals surface area contributed by atoms with Gasteiger partial charge < -0.3 is 9.47 Å². The van der Waals surface area contributed by atoms with Gasteiger partial charge in [-0.1, -0.05) is 26.0 Å². The molecule has 0 saturated heterocycles. The number of ether oxygens (including phenoxy) is 2. The lowest BCUT2D eigenvalue weighted by Gasteiger charge is -2.29. The zero-order chi connectivity index (χ0) is 17.6. The molecule has 1 aliphatic rings. The van der Waals surface area contributed by atoms with Crippen LogP contribution in [0.1, 0.15) is 40.5 Å². The van der Waals surface area contributed by atoms with Crippen molar-refractivity contribution in [3.05, 3.63) is 35.5 Å². The lowest BCUT2D eigenvalue weighted by molar-refractivity contribution is -0.148. The van der Waals surface area contributed by atoms with E-state index in [9.17, 15) is 14.4 Å². The fraction of sp³-hybridized carbons (Fsp3) is 0.500. The normalized spacial score (nSPS) is 27.5. The predicted molar refractivity (Wildman–Crippen MR) is 86.6 cm³/mol. The molecular formula is C18H24O5. The molecule has 0 aromatic heterocycles. The van der Waals surface area contributed by atoms with Crippen LogP contribution in [0.15, 0.2) is 35.5 Å². The maximum absolute atomic E-state index is 12.1. The molecule has 5 heteroatoms. The van der Waals surface area contributed by atoms with E-state index < -0.39 is 23.5 Å². The summed E-state index contributed by atoms with van der Waals surface area (Å²) >= 11 is 0. The summed E-state index contributed by atoms with van der Waals surface area (Å²) in [7, 11) is 1.31. The van der Waals surface area contributed by atoms with Crippen LogP contribution in [0.2, 0.25) is 0 Å². The van der Waals surface area contributed by atoms with Crippen LogP contribution in [0.3, 0.4) is 0 Å². The largest absolute Gasteiger partial charge is 0.466 e. The molecule has 0 aromatic carbocycles. The third-order valence-electron chi connectivity index (χ3n) is 3.74. The second-order valence-electron chi connectivity index (χ2n) is 6.16. The maximum Gasteiger partial charge on any atom is 0.333 e. The molecule has 0 heterocycles. The second kappa shape index (κ2) is 7.90. The summed E-state index contributed by atoms with van der Waals surface area (Å²) in [6.45, 7) is 6.73. The molecule has 0 fully saturated rings. The molecule has 0 amide bonds. The van der Waals surface area contributed by atoms with E-state index >= 15 is 0 Å². The molecule has 0 radical (unpaired) electrons. The predicted octanol–water partition coefficient (Wildman–Crippen LogP) is 2.91. The molecule has 126 valence electrons. The Bertz CT molecular complexity index is 578. The average Bonchev–Trinajstić information content (AvgIpc) is 2.49. The summed E-state index contributed by atoms with van der Waals surface area (Å²) < 4.78 is 10.2. The Balaban J connectivity index is 3.35. The molecule has 0 N–H and O–H groups in total. The van der Waals surface area contributed by atoms with E-state index in [0.717, 1.165) is 0 Å². The fourth-order valence-corrected chi connectivity index (χ4v) is 2.21. The minimum Gasteiger partial charge on any atom is -0.466 e. The van der Waals surface area contributed by atoms with Gasteiger partial charge in [0.1, 0.15) is 6.10 Å². The zero-order valence-electron chi connectivity index (χ0n) is 14.3. The van der Waals surface area contributed by atoms with Crippen LogP contribution in [-0.4, -0.2) is 30.9 Å². The Morgan fingerprint density at radius 3 is 2.52 bits per heavy atom. The van der Waals surface area contributed by atoms with Gasteiger partial charge in [0, 0.05) is 17.9 Å². The van der Waals surface area contributed by atoms with Crippen molar-refractivity contribution in [1.82, 2.24) is 0 Å². The highest BCUT2D eigenvalue weighted by Crippen LogP contribution is 2.29. The maximum atomic E-state index is 12.1. The Kier molecular flexibility index (Phi) is 6.49. The van der Waals surface area contributed by atoms with E-state index in [-0.39, 0.29) is 5.78 Å². The number of allylic oxidation sites excluding steroid dienone is 3. The van der Waals surface area contributed by atoms with Crippen molar-refractivity contribution >= 4 is 17.7 Å². The second-order valence-corrected chi connectivity index (χ2v) is 6.16. The molecule has 0 spiro atoms. The quantitative estimate of drug-likeness (QED) is 0.732. The fourth-order valence-electron chi connectivity index (χ4n) is 2.21. The average molecular weight is 320 g/mol. The van der Waals surface area contributed by atoms with Crippen LogP contribution in [0.4, 0.5) is 0 Å². The van der Waals surface area contributed by atoms with Crippen molar-refractivity contribution in [2.45, 2.75) is 46.6 Å². The first kappa shape index (κ1) is 18.9. The molecule has 1 rings (SSSR count). The van der Waals surface area contributed by atoms with Gasteiger partial charge in [0.05, 0.1) is 7.11 Å². The molecule has 1 atom stereocenters. The Morgan fingerprint density at radius 1 is 1.30 bits per heavy atom. The number of hydrogen-bond acceptors (Lipinski definition) is 5.